The maximum atomic E-state index is 12.9. The van der Waals surface area contributed by atoms with E-state index in [9.17, 15) is 4.79 Å². The normalized spacial score (nSPS) is 16.3. The lowest BCUT2D eigenvalue weighted by molar-refractivity contribution is -0.131. The van der Waals surface area contributed by atoms with Gasteiger partial charge in [0.2, 0.25) is 5.91 Å². The summed E-state index contributed by atoms with van der Waals surface area (Å²) in [7, 11) is 0. The number of amides is 1. The molecule has 1 aliphatic rings. The van der Waals surface area contributed by atoms with E-state index < -0.39 is 0 Å². The molecule has 28 heavy (non-hydrogen) atoms. The third-order valence-corrected chi connectivity index (χ3v) is 6.69. The van der Waals surface area contributed by atoms with Crippen molar-refractivity contribution in [3.05, 3.63) is 69.0 Å². The Bertz CT molecular complexity index is 949. The molecule has 0 spiro atoms. The van der Waals surface area contributed by atoms with Gasteiger partial charge in [-0.25, -0.2) is 4.98 Å². The van der Waals surface area contributed by atoms with Crippen LogP contribution in [0.1, 0.15) is 46.1 Å². The van der Waals surface area contributed by atoms with E-state index >= 15 is 0 Å². The van der Waals surface area contributed by atoms with Gasteiger partial charge in [0.25, 0.3) is 0 Å². The van der Waals surface area contributed by atoms with E-state index in [2.05, 4.69) is 41.7 Å². The molecule has 0 N–H and O–H groups in total. The van der Waals surface area contributed by atoms with Crippen molar-refractivity contribution in [3.63, 3.8) is 0 Å². The van der Waals surface area contributed by atoms with Crippen LogP contribution in [0.3, 0.4) is 0 Å². The highest BCUT2D eigenvalue weighted by atomic mass is 32.1. The van der Waals surface area contributed by atoms with Gasteiger partial charge in [-0.1, -0.05) is 35.5 Å². The molecule has 0 bridgehead atoms. The fourth-order valence-corrected chi connectivity index (χ4v) is 4.90. The van der Waals surface area contributed by atoms with E-state index in [4.69, 9.17) is 9.51 Å². The second-order valence-corrected chi connectivity index (χ2v) is 8.62. The number of piperidine rings is 1. The van der Waals surface area contributed by atoms with Gasteiger partial charge in [-0.05, 0) is 39.2 Å². The van der Waals surface area contributed by atoms with E-state index in [1.165, 1.54) is 5.56 Å². The van der Waals surface area contributed by atoms with Crippen molar-refractivity contribution in [2.45, 2.75) is 45.4 Å². The monoisotopic (exact) mass is 395 g/mol. The van der Waals surface area contributed by atoms with E-state index in [1.54, 1.807) is 11.3 Å². The van der Waals surface area contributed by atoms with Crippen molar-refractivity contribution < 1.29 is 9.32 Å². The highest BCUT2D eigenvalue weighted by molar-refractivity contribution is 7.09. The van der Waals surface area contributed by atoms with E-state index in [0.717, 1.165) is 53.7 Å². The quantitative estimate of drug-likeness (QED) is 0.664. The molecule has 146 valence electrons. The molecule has 2 aromatic heterocycles. The zero-order chi connectivity index (χ0) is 19.7. The molecule has 3 heterocycles. The summed E-state index contributed by atoms with van der Waals surface area (Å²) in [5, 5.41) is 7.24. The number of thiazole rings is 1. The average molecular weight is 396 g/mol. The van der Waals surface area contributed by atoms with Gasteiger partial charge >= 0.3 is 0 Å². The summed E-state index contributed by atoms with van der Waals surface area (Å²) in [5.74, 6) is 0.880. The number of rotatable bonds is 4. The van der Waals surface area contributed by atoms with Gasteiger partial charge in [-0.3, -0.25) is 4.79 Å². The average Bonchev–Trinajstić information content (AvgIpc) is 3.29. The lowest BCUT2D eigenvalue weighted by Crippen LogP contribution is -2.46. The van der Waals surface area contributed by atoms with Crippen molar-refractivity contribution in [1.29, 1.82) is 0 Å². The first-order valence-corrected chi connectivity index (χ1v) is 10.6. The Morgan fingerprint density at radius 3 is 2.46 bits per heavy atom. The SMILES string of the molecule is Cc1nc(C2(c3ccccc3)CCN(C(=O)Cc3c(C)noc3C)CC2)cs1. The minimum Gasteiger partial charge on any atom is -0.361 e. The van der Waals surface area contributed by atoms with Gasteiger partial charge in [0.15, 0.2) is 0 Å². The van der Waals surface area contributed by atoms with Gasteiger partial charge in [-0.15, -0.1) is 11.3 Å². The zero-order valence-corrected chi connectivity index (χ0v) is 17.4. The van der Waals surface area contributed by atoms with Gasteiger partial charge in [0, 0.05) is 29.4 Å². The molecular weight excluding hydrogens is 370 g/mol. The summed E-state index contributed by atoms with van der Waals surface area (Å²) in [5.41, 5.74) is 4.03. The Morgan fingerprint density at radius 2 is 1.89 bits per heavy atom. The van der Waals surface area contributed by atoms with Crippen molar-refractivity contribution >= 4 is 17.2 Å². The number of aromatic nitrogens is 2. The van der Waals surface area contributed by atoms with Crippen LogP contribution in [0, 0.1) is 20.8 Å². The summed E-state index contributed by atoms with van der Waals surface area (Å²) in [6, 6.07) is 10.6. The molecule has 1 amide bonds. The molecule has 1 saturated heterocycles. The summed E-state index contributed by atoms with van der Waals surface area (Å²) >= 11 is 1.70. The van der Waals surface area contributed by atoms with Crippen LogP contribution in [-0.2, 0) is 16.6 Å². The van der Waals surface area contributed by atoms with Gasteiger partial charge < -0.3 is 9.42 Å². The van der Waals surface area contributed by atoms with Gasteiger partial charge in [0.1, 0.15) is 5.76 Å². The lowest BCUT2D eigenvalue weighted by atomic mass is 9.70. The van der Waals surface area contributed by atoms with Crippen molar-refractivity contribution in [3.8, 4) is 0 Å². The Hall–Kier alpha value is -2.47. The molecule has 0 radical (unpaired) electrons. The predicted molar refractivity (Wildman–Crippen MR) is 110 cm³/mol. The highest BCUT2D eigenvalue weighted by Gasteiger charge is 2.40. The molecular formula is C22H25N3O2S. The Morgan fingerprint density at radius 1 is 1.18 bits per heavy atom. The minimum absolute atomic E-state index is 0.119. The van der Waals surface area contributed by atoms with Crippen LogP contribution in [0.15, 0.2) is 40.2 Å². The first-order chi connectivity index (χ1) is 13.5. The molecule has 5 nitrogen and oxygen atoms in total. The molecule has 1 aliphatic heterocycles. The molecule has 0 aliphatic carbocycles. The first kappa shape index (κ1) is 18.9. The highest BCUT2D eigenvalue weighted by Crippen LogP contribution is 2.42. The van der Waals surface area contributed by atoms with E-state index in [0.29, 0.717) is 6.42 Å². The number of benzene rings is 1. The molecule has 4 rings (SSSR count). The molecule has 1 fully saturated rings. The Kier molecular flexibility index (Phi) is 5.06. The first-order valence-electron chi connectivity index (χ1n) is 9.67. The standard InChI is InChI=1S/C22H25N3O2S/c1-15-19(16(2)27-24-15)13-21(26)25-11-9-22(10-12-25,18-7-5-4-6-8-18)20-14-28-17(3)23-20/h4-8,14H,9-13H2,1-3H3. The second-order valence-electron chi connectivity index (χ2n) is 7.56. The number of nitrogens with zero attached hydrogens (tertiary/aromatic N) is 3. The maximum absolute atomic E-state index is 12.9. The van der Waals surface area contributed by atoms with Crippen LogP contribution in [0.4, 0.5) is 0 Å². The van der Waals surface area contributed by atoms with Crippen molar-refractivity contribution in [2.75, 3.05) is 13.1 Å². The van der Waals surface area contributed by atoms with Crippen LogP contribution >= 0.6 is 11.3 Å². The summed E-state index contributed by atoms with van der Waals surface area (Å²) in [6.45, 7) is 7.26. The minimum atomic E-state index is -0.119. The largest absolute Gasteiger partial charge is 0.361 e. The molecule has 3 aromatic rings. The fraction of sp³-hybridized carbons (Fsp3) is 0.409. The summed E-state index contributed by atoms with van der Waals surface area (Å²) < 4.78 is 5.21. The number of hydrogen-bond donors (Lipinski definition) is 0. The molecule has 6 heteroatoms. The molecule has 0 saturated carbocycles. The lowest BCUT2D eigenvalue weighted by Gasteiger charge is -2.41. The van der Waals surface area contributed by atoms with Crippen molar-refractivity contribution in [1.82, 2.24) is 15.0 Å². The molecule has 1 aromatic carbocycles. The number of carbonyl (C=O) groups excluding carboxylic acids is 1. The summed E-state index contributed by atoms with van der Waals surface area (Å²) in [6.07, 6.45) is 2.12. The third kappa shape index (κ3) is 3.37. The van der Waals surface area contributed by atoms with Crippen molar-refractivity contribution in [2.24, 2.45) is 0 Å². The Balaban J connectivity index is 1.55. The molecule has 0 atom stereocenters. The van der Waals surface area contributed by atoms with E-state index in [-0.39, 0.29) is 11.3 Å². The predicted octanol–water partition coefficient (Wildman–Crippen LogP) is 4.21. The van der Waals surface area contributed by atoms with Crippen LogP contribution in [-0.4, -0.2) is 34.0 Å². The number of likely N-dealkylation sites (tertiary alicyclic amines) is 1. The van der Waals surface area contributed by atoms with Gasteiger partial charge in [0.05, 0.1) is 22.8 Å². The number of aryl methyl sites for hydroxylation is 3. The van der Waals surface area contributed by atoms with Gasteiger partial charge in [-0.2, -0.15) is 0 Å². The summed E-state index contributed by atoms with van der Waals surface area (Å²) in [4.78, 5) is 19.7. The zero-order valence-electron chi connectivity index (χ0n) is 16.6. The number of carbonyl (C=O) groups is 1. The van der Waals surface area contributed by atoms with Crippen LogP contribution in [0.2, 0.25) is 0 Å². The maximum Gasteiger partial charge on any atom is 0.227 e. The van der Waals surface area contributed by atoms with Crippen LogP contribution < -0.4 is 0 Å². The Labute approximate surface area is 169 Å². The van der Waals surface area contributed by atoms with E-state index in [1.807, 2.05) is 24.8 Å². The smallest absolute Gasteiger partial charge is 0.227 e. The number of hydrogen-bond acceptors (Lipinski definition) is 5. The topological polar surface area (TPSA) is 59.2 Å². The third-order valence-electron chi connectivity index (χ3n) is 5.91. The van der Waals surface area contributed by atoms with Crippen LogP contribution in [0.25, 0.3) is 0 Å². The molecule has 0 unspecified atom stereocenters. The second kappa shape index (κ2) is 7.51. The fourth-order valence-electron chi connectivity index (χ4n) is 4.19. The van der Waals surface area contributed by atoms with Crippen LogP contribution in [0.5, 0.6) is 0 Å².